The molecule has 0 radical (unpaired) electrons. The molecular formula is C14H8Cl2F3NO2. The lowest BCUT2D eigenvalue weighted by molar-refractivity contribution is -0.141. The molecule has 1 aromatic heterocycles. The smallest absolute Gasteiger partial charge is 0.433 e. The van der Waals surface area contributed by atoms with Crippen molar-refractivity contribution in [3.63, 3.8) is 0 Å². The third-order valence-corrected chi connectivity index (χ3v) is 3.34. The standard InChI is InChI=1S/C14H8Cl2F3NO2/c15-8-2-3-9(10(16)6-8)13-7(5-12(21)22)1-4-11(20-13)14(17,18)19/h1-4,6H,5H2,(H,21,22). The van der Waals surface area contributed by atoms with Crippen LogP contribution in [0, 0.1) is 0 Å². The summed E-state index contributed by atoms with van der Waals surface area (Å²) in [6.45, 7) is 0. The van der Waals surface area contributed by atoms with Crippen molar-refractivity contribution in [3.8, 4) is 11.3 Å². The maximum atomic E-state index is 12.8. The maximum Gasteiger partial charge on any atom is 0.433 e. The lowest BCUT2D eigenvalue weighted by Gasteiger charge is -2.13. The molecule has 0 aliphatic heterocycles. The molecular weight excluding hydrogens is 342 g/mol. The molecule has 0 saturated carbocycles. The number of carboxylic acid groups (broad SMARTS) is 1. The Morgan fingerprint density at radius 3 is 2.41 bits per heavy atom. The predicted molar refractivity (Wildman–Crippen MR) is 76.0 cm³/mol. The van der Waals surface area contributed by atoms with Gasteiger partial charge in [-0.1, -0.05) is 29.3 Å². The van der Waals surface area contributed by atoms with Gasteiger partial charge in [-0.3, -0.25) is 4.79 Å². The van der Waals surface area contributed by atoms with Gasteiger partial charge in [0.05, 0.1) is 17.1 Å². The summed E-state index contributed by atoms with van der Waals surface area (Å²) >= 11 is 11.7. The quantitative estimate of drug-likeness (QED) is 0.873. The summed E-state index contributed by atoms with van der Waals surface area (Å²) in [6.07, 6.45) is -5.12. The molecule has 8 heteroatoms. The lowest BCUT2D eigenvalue weighted by atomic mass is 10.0. The van der Waals surface area contributed by atoms with Crippen molar-refractivity contribution in [2.24, 2.45) is 0 Å². The van der Waals surface area contributed by atoms with Crippen molar-refractivity contribution in [1.29, 1.82) is 0 Å². The molecule has 22 heavy (non-hydrogen) atoms. The van der Waals surface area contributed by atoms with Gasteiger partial charge < -0.3 is 5.11 Å². The van der Waals surface area contributed by atoms with Crippen LogP contribution in [-0.2, 0) is 17.4 Å². The van der Waals surface area contributed by atoms with Crippen molar-refractivity contribution in [3.05, 3.63) is 51.6 Å². The summed E-state index contributed by atoms with van der Waals surface area (Å²) in [4.78, 5) is 14.4. The second-order valence-electron chi connectivity index (χ2n) is 4.40. The van der Waals surface area contributed by atoms with Crippen LogP contribution in [0.4, 0.5) is 13.2 Å². The van der Waals surface area contributed by atoms with Gasteiger partial charge in [0.25, 0.3) is 0 Å². The molecule has 0 aliphatic carbocycles. The highest BCUT2D eigenvalue weighted by Gasteiger charge is 2.33. The van der Waals surface area contributed by atoms with E-state index in [0.717, 1.165) is 12.1 Å². The minimum Gasteiger partial charge on any atom is -0.481 e. The number of alkyl halides is 3. The monoisotopic (exact) mass is 349 g/mol. The first-order valence-electron chi connectivity index (χ1n) is 5.93. The van der Waals surface area contributed by atoms with Crippen LogP contribution in [0.2, 0.25) is 10.0 Å². The number of benzene rings is 1. The Balaban J connectivity index is 2.65. The van der Waals surface area contributed by atoms with Crippen LogP contribution in [0.3, 0.4) is 0 Å². The van der Waals surface area contributed by atoms with Crippen molar-refractivity contribution in [2.45, 2.75) is 12.6 Å². The largest absolute Gasteiger partial charge is 0.481 e. The maximum absolute atomic E-state index is 12.8. The van der Waals surface area contributed by atoms with E-state index in [0.29, 0.717) is 5.02 Å². The molecule has 2 rings (SSSR count). The van der Waals surface area contributed by atoms with E-state index in [1.807, 2.05) is 0 Å². The predicted octanol–water partition coefficient (Wildman–Crippen LogP) is 4.70. The topological polar surface area (TPSA) is 50.2 Å². The van der Waals surface area contributed by atoms with Gasteiger partial charge in [-0.2, -0.15) is 13.2 Å². The number of nitrogens with zero attached hydrogens (tertiary/aromatic N) is 1. The molecule has 0 spiro atoms. The number of aliphatic carboxylic acids is 1. The molecule has 1 heterocycles. The Morgan fingerprint density at radius 1 is 1.18 bits per heavy atom. The van der Waals surface area contributed by atoms with Crippen molar-refractivity contribution in [2.75, 3.05) is 0 Å². The summed E-state index contributed by atoms with van der Waals surface area (Å²) in [7, 11) is 0. The Labute approximate surface area is 133 Å². The normalized spacial score (nSPS) is 11.5. The van der Waals surface area contributed by atoms with E-state index in [2.05, 4.69) is 4.98 Å². The minimum absolute atomic E-state index is 0.0889. The van der Waals surface area contributed by atoms with Crippen LogP contribution < -0.4 is 0 Å². The third kappa shape index (κ3) is 3.69. The third-order valence-electron chi connectivity index (χ3n) is 2.80. The van der Waals surface area contributed by atoms with Crippen LogP contribution in [0.25, 0.3) is 11.3 Å². The summed E-state index contributed by atoms with van der Waals surface area (Å²) in [6, 6.07) is 6.02. The molecule has 0 fully saturated rings. The average molecular weight is 350 g/mol. The molecule has 0 amide bonds. The summed E-state index contributed by atoms with van der Waals surface area (Å²) in [5.74, 6) is -1.19. The molecule has 1 aromatic carbocycles. The molecule has 0 aliphatic rings. The number of carboxylic acids is 1. The number of aromatic nitrogens is 1. The van der Waals surface area contributed by atoms with Crippen LogP contribution in [0.1, 0.15) is 11.3 Å². The van der Waals surface area contributed by atoms with E-state index in [-0.39, 0.29) is 21.8 Å². The molecule has 3 nitrogen and oxygen atoms in total. The van der Waals surface area contributed by atoms with E-state index in [1.54, 1.807) is 0 Å². The van der Waals surface area contributed by atoms with E-state index < -0.39 is 24.3 Å². The average Bonchev–Trinajstić information content (AvgIpc) is 2.37. The van der Waals surface area contributed by atoms with E-state index in [1.165, 1.54) is 18.2 Å². The van der Waals surface area contributed by atoms with Gasteiger partial charge in [-0.25, -0.2) is 4.98 Å². The second-order valence-corrected chi connectivity index (χ2v) is 5.24. The SMILES string of the molecule is O=C(O)Cc1ccc(C(F)(F)F)nc1-c1ccc(Cl)cc1Cl. The van der Waals surface area contributed by atoms with Gasteiger partial charge in [0.1, 0.15) is 5.69 Å². The minimum atomic E-state index is -4.64. The van der Waals surface area contributed by atoms with Crippen LogP contribution in [-0.4, -0.2) is 16.1 Å². The van der Waals surface area contributed by atoms with Crippen LogP contribution >= 0.6 is 23.2 Å². The molecule has 0 bridgehead atoms. The van der Waals surface area contributed by atoms with Gasteiger partial charge in [0.15, 0.2) is 0 Å². The first-order valence-corrected chi connectivity index (χ1v) is 6.68. The number of hydrogen-bond donors (Lipinski definition) is 1. The number of rotatable bonds is 3. The van der Waals surface area contributed by atoms with Crippen molar-refractivity contribution in [1.82, 2.24) is 4.98 Å². The Kier molecular flexibility index (Phi) is 4.63. The lowest BCUT2D eigenvalue weighted by Crippen LogP contribution is -2.11. The van der Waals surface area contributed by atoms with Gasteiger partial charge in [-0.05, 0) is 29.8 Å². The summed E-state index contributed by atoms with van der Waals surface area (Å²) < 4.78 is 38.4. The van der Waals surface area contributed by atoms with Gasteiger partial charge in [0, 0.05) is 10.6 Å². The van der Waals surface area contributed by atoms with Gasteiger partial charge >= 0.3 is 12.1 Å². The second kappa shape index (κ2) is 6.14. The Bertz CT molecular complexity index is 733. The van der Waals surface area contributed by atoms with Gasteiger partial charge in [0.2, 0.25) is 0 Å². The first kappa shape index (κ1) is 16.6. The molecule has 116 valence electrons. The zero-order valence-corrected chi connectivity index (χ0v) is 12.3. The van der Waals surface area contributed by atoms with Crippen molar-refractivity contribution >= 4 is 29.2 Å². The molecule has 0 saturated heterocycles. The van der Waals surface area contributed by atoms with E-state index >= 15 is 0 Å². The number of carbonyl (C=O) groups is 1. The molecule has 0 atom stereocenters. The van der Waals surface area contributed by atoms with Crippen molar-refractivity contribution < 1.29 is 23.1 Å². The van der Waals surface area contributed by atoms with E-state index in [4.69, 9.17) is 28.3 Å². The first-order chi connectivity index (χ1) is 10.2. The highest BCUT2D eigenvalue weighted by Crippen LogP contribution is 2.35. The van der Waals surface area contributed by atoms with Crippen LogP contribution in [0.15, 0.2) is 30.3 Å². The molecule has 0 unspecified atom stereocenters. The molecule has 1 N–H and O–H groups in total. The zero-order chi connectivity index (χ0) is 16.5. The summed E-state index contributed by atoms with van der Waals surface area (Å²) in [5.41, 5.74) is -0.931. The summed E-state index contributed by atoms with van der Waals surface area (Å²) in [5, 5.41) is 9.27. The fourth-order valence-corrected chi connectivity index (χ4v) is 2.36. The highest BCUT2D eigenvalue weighted by atomic mass is 35.5. The molecule has 2 aromatic rings. The number of halogens is 5. The fourth-order valence-electron chi connectivity index (χ4n) is 1.87. The van der Waals surface area contributed by atoms with E-state index in [9.17, 15) is 18.0 Å². The highest BCUT2D eigenvalue weighted by molar-refractivity contribution is 6.36. The fraction of sp³-hybridized carbons (Fsp3) is 0.143. The Morgan fingerprint density at radius 2 is 1.86 bits per heavy atom. The number of pyridine rings is 1. The Hall–Kier alpha value is -1.79. The van der Waals surface area contributed by atoms with Crippen LogP contribution in [0.5, 0.6) is 0 Å². The number of hydrogen-bond acceptors (Lipinski definition) is 2. The zero-order valence-electron chi connectivity index (χ0n) is 10.8. The van der Waals surface area contributed by atoms with Gasteiger partial charge in [-0.15, -0.1) is 0 Å².